The molecule has 92 valence electrons. The monoisotopic (exact) mass is 225 g/mol. The average Bonchev–Trinajstić information content (AvgIpc) is 2.92. The largest absolute Gasteiger partial charge is 0.376 e. The second-order valence-electron chi connectivity index (χ2n) is 5.63. The Bertz CT molecular complexity index is 248. The van der Waals surface area contributed by atoms with Crippen molar-refractivity contribution < 1.29 is 9.53 Å². The summed E-state index contributed by atoms with van der Waals surface area (Å²) in [6.07, 6.45) is 4.67. The summed E-state index contributed by atoms with van der Waals surface area (Å²) in [4.78, 5) is 13.8. The molecule has 2 rings (SSSR count). The van der Waals surface area contributed by atoms with Crippen molar-refractivity contribution in [3.8, 4) is 0 Å². The molecule has 0 aromatic rings. The molecule has 3 heteroatoms. The fraction of sp³-hybridized carbons (Fsp3) is 0.923. The third-order valence-corrected chi connectivity index (χ3v) is 3.35. The van der Waals surface area contributed by atoms with Gasteiger partial charge < -0.3 is 9.64 Å². The van der Waals surface area contributed by atoms with E-state index in [0.29, 0.717) is 24.3 Å². The number of ether oxygens (including phenoxy) is 1. The van der Waals surface area contributed by atoms with Crippen LogP contribution in [0.2, 0.25) is 0 Å². The van der Waals surface area contributed by atoms with Gasteiger partial charge in [-0.1, -0.05) is 13.8 Å². The molecule has 16 heavy (non-hydrogen) atoms. The number of hydrogen-bond donors (Lipinski definition) is 0. The van der Waals surface area contributed by atoms with Crippen LogP contribution in [0.4, 0.5) is 0 Å². The smallest absolute Gasteiger partial charge is 0.222 e. The van der Waals surface area contributed by atoms with E-state index < -0.39 is 0 Å². The minimum absolute atomic E-state index is 0.299. The molecule has 0 N–H and O–H groups in total. The zero-order valence-corrected chi connectivity index (χ0v) is 10.4. The molecule has 0 radical (unpaired) electrons. The quantitative estimate of drug-likeness (QED) is 0.717. The van der Waals surface area contributed by atoms with E-state index in [1.165, 1.54) is 12.8 Å². The first-order valence-electron chi connectivity index (χ1n) is 6.54. The van der Waals surface area contributed by atoms with Gasteiger partial charge in [-0.2, -0.15) is 0 Å². The number of hydrogen-bond acceptors (Lipinski definition) is 2. The molecule has 0 spiro atoms. The molecule has 2 aliphatic rings. The minimum Gasteiger partial charge on any atom is -0.376 e. The third-order valence-electron chi connectivity index (χ3n) is 3.35. The van der Waals surface area contributed by atoms with Crippen LogP contribution in [0.15, 0.2) is 0 Å². The molecule has 0 aromatic carbocycles. The molecule has 1 aliphatic carbocycles. The van der Waals surface area contributed by atoms with E-state index in [1.54, 1.807) is 0 Å². The standard InChI is InChI=1S/C13H23NO2/c1-10(2)7-13(15)14-6-5-12(8-14)16-9-11-3-4-11/h10-12H,3-9H2,1-2H3/t12-/m0/s1. The topological polar surface area (TPSA) is 29.5 Å². The summed E-state index contributed by atoms with van der Waals surface area (Å²) in [6, 6.07) is 0. The lowest BCUT2D eigenvalue weighted by atomic mass is 10.1. The molecule has 3 nitrogen and oxygen atoms in total. The fourth-order valence-electron chi connectivity index (χ4n) is 2.13. The van der Waals surface area contributed by atoms with Crippen molar-refractivity contribution >= 4 is 5.91 Å². The Morgan fingerprint density at radius 3 is 2.75 bits per heavy atom. The van der Waals surface area contributed by atoms with E-state index >= 15 is 0 Å². The summed E-state index contributed by atoms with van der Waals surface area (Å²) in [5.41, 5.74) is 0. The Balaban J connectivity index is 1.67. The molecule has 1 aliphatic heterocycles. The van der Waals surface area contributed by atoms with Gasteiger partial charge in [-0.3, -0.25) is 4.79 Å². The highest BCUT2D eigenvalue weighted by atomic mass is 16.5. The predicted octanol–water partition coefficient (Wildman–Crippen LogP) is 2.06. The summed E-state index contributed by atoms with van der Waals surface area (Å²) in [5.74, 6) is 1.58. The summed E-state index contributed by atoms with van der Waals surface area (Å²) in [6.45, 7) is 6.81. The predicted molar refractivity (Wildman–Crippen MR) is 63.1 cm³/mol. The van der Waals surface area contributed by atoms with E-state index in [1.807, 2.05) is 4.90 Å². The van der Waals surface area contributed by atoms with Crippen LogP contribution in [0, 0.1) is 11.8 Å². The van der Waals surface area contributed by atoms with E-state index in [2.05, 4.69) is 13.8 Å². The second kappa shape index (κ2) is 5.17. The van der Waals surface area contributed by atoms with Crippen LogP contribution in [0.5, 0.6) is 0 Å². The molecule has 0 aromatic heterocycles. The van der Waals surface area contributed by atoms with Crippen LogP contribution in [0.3, 0.4) is 0 Å². The number of likely N-dealkylation sites (tertiary alicyclic amines) is 1. The molecule has 1 saturated carbocycles. The Morgan fingerprint density at radius 1 is 1.38 bits per heavy atom. The Hall–Kier alpha value is -0.570. The van der Waals surface area contributed by atoms with Crippen molar-refractivity contribution in [1.82, 2.24) is 4.90 Å². The van der Waals surface area contributed by atoms with Crippen molar-refractivity contribution in [2.75, 3.05) is 19.7 Å². The number of rotatable bonds is 5. The first-order valence-corrected chi connectivity index (χ1v) is 6.54. The van der Waals surface area contributed by atoms with Crippen molar-refractivity contribution in [2.45, 2.75) is 45.6 Å². The van der Waals surface area contributed by atoms with Crippen molar-refractivity contribution in [3.05, 3.63) is 0 Å². The fourth-order valence-corrected chi connectivity index (χ4v) is 2.13. The maximum absolute atomic E-state index is 11.8. The van der Waals surface area contributed by atoms with Crippen LogP contribution in [0.25, 0.3) is 0 Å². The van der Waals surface area contributed by atoms with Crippen LogP contribution in [-0.2, 0) is 9.53 Å². The highest BCUT2D eigenvalue weighted by Crippen LogP contribution is 2.30. The molecule has 1 atom stereocenters. The van der Waals surface area contributed by atoms with Gasteiger partial charge >= 0.3 is 0 Å². The molecular weight excluding hydrogens is 202 g/mol. The van der Waals surface area contributed by atoms with Gasteiger partial charge in [-0.15, -0.1) is 0 Å². The van der Waals surface area contributed by atoms with Crippen LogP contribution in [0.1, 0.15) is 39.5 Å². The van der Waals surface area contributed by atoms with Gasteiger partial charge in [0, 0.05) is 26.1 Å². The summed E-state index contributed by atoms with van der Waals surface area (Å²) < 4.78 is 5.82. The Kier molecular flexibility index (Phi) is 3.85. The lowest BCUT2D eigenvalue weighted by Gasteiger charge is -2.17. The normalized spacial score (nSPS) is 25.4. The number of amides is 1. The zero-order chi connectivity index (χ0) is 11.5. The number of carbonyl (C=O) groups is 1. The van der Waals surface area contributed by atoms with Gasteiger partial charge in [0.25, 0.3) is 0 Å². The first kappa shape index (κ1) is 11.9. The van der Waals surface area contributed by atoms with E-state index in [0.717, 1.165) is 32.0 Å². The van der Waals surface area contributed by atoms with Gasteiger partial charge in [0.1, 0.15) is 0 Å². The first-order chi connectivity index (χ1) is 7.65. The SMILES string of the molecule is CC(C)CC(=O)N1CC[C@H](OCC2CC2)C1. The highest BCUT2D eigenvalue weighted by molar-refractivity contribution is 5.76. The number of nitrogens with zero attached hydrogens (tertiary/aromatic N) is 1. The van der Waals surface area contributed by atoms with E-state index in [-0.39, 0.29) is 0 Å². The van der Waals surface area contributed by atoms with Gasteiger partial charge in [-0.25, -0.2) is 0 Å². The zero-order valence-electron chi connectivity index (χ0n) is 10.4. The van der Waals surface area contributed by atoms with Gasteiger partial charge in [0.2, 0.25) is 5.91 Å². The molecule has 2 fully saturated rings. The highest BCUT2D eigenvalue weighted by Gasteiger charge is 2.29. The van der Waals surface area contributed by atoms with Gasteiger partial charge in [0.05, 0.1) is 6.10 Å². The van der Waals surface area contributed by atoms with Crippen molar-refractivity contribution in [1.29, 1.82) is 0 Å². The molecule has 1 heterocycles. The average molecular weight is 225 g/mol. The number of carbonyl (C=O) groups excluding carboxylic acids is 1. The van der Waals surface area contributed by atoms with Crippen LogP contribution in [-0.4, -0.2) is 36.6 Å². The molecular formula is C13H23NO2. The summed E-state index contributed by atoms with van der Waals surface area (Å²) in [5, 5.41) is 0. The van der Waals surface area contributed by atoms with Crippen molar-refractivity contribution in [3.63, 3.8) is 0 Å². The van der Waals surface area contributed by atoms with Crippen LogP contribution < -0.4 is 0 Å². The van der Waals surface area contributed by atoms with Gasteiger partial charge in [-0.05, 0) is 31.1 Å². The van der Waals surface area contributed by atoms with E-state index in [9.17, 15) is 4.79 Å². The third kappa shape index (κ3) is 3.48. The van der Waals surface area contributed by atoms with Crippen molar-refractivity contribution in [2.24, 2.45) is 11.8 Å². The molecule has 0 bridgehead atoms. The molecule has 1 saturated heterocycles. The second-order valence-corrected chi connectivity index (χ2v) is 5.63. The maximum Gasteiger partial charge on any atom is 0.222 e. The molecule has 1 amide bonds. The van der Waals surface area contributed by atoms with Crippen LogP contribution >= 0.6 is 0 Å². The summed E-state index contributed by atoms with van der Waals surface area (Å²) >= 11 is 0. The summed E-state index contributed by atoms with van der Waals surface area (Å²) in [7, 11) is 0. The lowest BCUT2D eigenvalue weighted by molar-refractivity contribution is -0.131. The molecule has 0 unspecified atom stereocenters. The Labute approximate surface area is 98.1 Å². The van der Waals surface area contributed by atoms with Gasteiger partial charge in [0.15, 0.2) is 0 Å². The maximum atomic E-state index is 11.8. The Morgan fingerprint density at radius 2 is 2.12 bits per heavy atom. The minimum atomic E-state index is 0.299. The van der Waals surface area contributed by atoms with E-state index in [4.69, 9.17) is 4.74 Å². The lowest BCUT2D eigenvalue weighted by Crippen LogP contribution is -2.31.